The molecule has 142 valence electrons. The van der Waals surface area contributed by atoms with Gasteiger partial charge in [-0.1, -0.05) is 0 Å². The van der Waals surface area contributed by atoms with Crippen molar-refractivity contribution in [3.05, 3.63) is 35.8 Å². The van der Waals surface area contributed by atoms with Crippen LogP contribution in [0.3, 0.4) is 0 Å². The second kappa shape index (κ2) is 8.84. The number of esters is 2. The van der Waals surface area contributed by atoms with E-state index in [-0.39, 0.29) is 17.1 Å². The molecule has 0 spiro atoms. The van der Waals surface area contributed by atoms with Gasteiger partial charge in [0.25, 0.3) is 0 Å². The summed E-state index contributed by atoms with van der Waals surface area (Å²) in [4.78, 5) is 34.9. The van der Waals surface area contributed by atoms with Gasteiger partial charge in [-0.05, 0) is 39.0 Å². The molecule has 0 radical (unpaired) electrons. The number of nitrogens with one attached hydrogen (secondary N) is 2. The Morgan fingerprint density at radius 1 is 1.08 bits per heavy atom. The molecule has 0 fully saturated rings. The molecule has 1 amide bonds. The molecular weight excluding hydrogens is 347 g/mol. The molecule has 0 bridgehead atoms. The van der Waals surface area contributed by atoms with Crippen molar-refractivity contribution in [2.24, 2.45) is 0 Å². The van der Waals surface area contributed by atoms with Gasteiger partial charge >= 0.3 is 18.0 Å². The van der Waals surface area contributed by atoms with Gasteiger partial charge in [0.15, 0.2) is 0 Å². The molecule has 9 heteroatoms. The Morgan fingerprint density at radius 2 is 1.73 bits per heavy atom. The molecule has 0 unspecified atom stereocenters. The number of carbonyl (C=O) groups excluding carboxylic acids is 3. The molecule has 0 saturated carbocycles. The highest BCUT2D eigenvalue weighted by Gasteiger charge is 2.18. The molecule has 1 aromatic rings. The second-order valence-electron chi connectivity index (χ2n) is 6.02. The summed E-state index contributed by atoms with van der Waals surface area (Å²) < 4.78 is 28.1. The van der Waals surface area contributed by atoms with Crippen molar-refractivity contribution < 1.29 is 33.0 Å². The first-order valence-electron chi connectivity index (χ1n) is 7.50. The molecule has 0 saturated heterocycles. The number of methoxy groups -OCH3 is 2. The molecule has 0 heterocycles. The summed E-state index contributed by atoms with van der Waals surface area (Å²) in [6.07, 6.45) is 0.0903. The quantitative estimate of drug-likeness (QED) is 0.468. The van der Waals surface area contributed by atoms with Gasteiger partial charge in [-0.15, -0.1) is 0 Å². The molecule has 26 heavy (non-hydrogen) atoms. The highest BCUT2D eigenvalue weighted by Crippen LogP contribution is 2.22. The van der Waals surface area contributed by atoms with E-state index < -0.39 is 29.5 Å². The third-order valence-corrected chi connectivity index (χ3v) is 2.75. The Bertz CT molecular complexity index is 724. The standard InChI is InChI=1S/C17H21FN2O6/c1-17(2,3)26-16(23)19-10-6-7-11(18)12(8-10)20-13(15(22)25-5)9-14(21)24-4/h6-9,20H,1-5H3,(H,19,23)/b13-9+. The largest absolute Gasteiger partial charge is 0.466 e. The minimum absolute atomic E-state index is 0.167. The second-order valence-corrected chi connectivity index (χ2v) is 6.02. The highest BCUT2D eigenvalue weighted by molar-refractivity contribution is 5.99. The van der Waals surface area contributed by atoms with Gasteiger partial charge in [0, 0.05) is 5.69 Å². The predicted octanol–water partition coefficient (Wildman–Crippen LogP) is 2.81. The zero-order valence-electron chi connectivity index (χ0n) is 15.1. The minimum Gasteiger partial charge on any atom is -0.466 e. The van der Waals surface area contributed by atoms with Crippen LogP contribution in [0.2, 0.25) is 0 Å². The smallest absolute Gasteiger partial charge is 0.412 e. The number of halogens is 1. The summed E-state index contributed by atoms with van der Waals surface area (Å²) in [6, 6.07) is 3.61. The lowest BCUT2D eigenvalue weighted by atomic mass is 10.2. The average molecular weight is 368 g/mol. The number of benzene rings is 1. The summed E-state index contributed by atoms with van der Waals surface area (Å²) in [5.41, 5.74) is -0.996. The molecule has 0 aliphatic rings. The van der Waals surface area contributed by atoms with Crippen molar-refractivity contribution in [1.29, 1.82) is 0 Å². The molecule has 1 rings (SSSR count). The first-order chi connectivity index (χ1) is 12.1. The Hall–Kier alpha value is -3.10. The maximum Gasteiger partial charge on any atom is 0.412 e. The first kappa shape index (κ1) is 20.9. The van der Waals surface area contributed by atoms with Crippen molar-refractivity contribution in [2.75, 3.05) is 24.9 Å². The van der Waals surface area contributed by atoms with Gasteiger partial charge in [0.05, 0.1) is 26.0 Å². The Kier molecular flexibility index (Phi) is 7.12. The van der Waals surface area contributed by atoms with Crippen LogP contribution in [0, 0.1) is 5.82 Å². The van der Waals surface area contributed by atoms with E-state index in [1.807, 2.05) is 0 Å². The maximum absolute atomic E-state index is 14.0. The number of hydrogen-bond acceptors (Lipinski definition) is 7. The van der Waals surface area contributed by atoms with Crippen LogP contribution in [0.1, 0.15) is 20.8 Å². The van der Waals surface area contributed by atoms with Crippen molar-refractivity contribution in [3.63, 3.8) is 0 Å². The zero-order chi connectivity index (χ0) is 19.9. The van der Waals surface area contributed by atoms with Gasteiger partial charge in [-0.3, -0.25) is 5.32 Å². The number of rotatable bonds is 5. The van der Waals surface area contributed by atoms with Crippen LogP contribution in [0.4, 0.5) is 20.6 Å². The molecule has 0 aliphatic heterocycles. The van der Waals surface area contributed by atoms with Crippen LogP contribution in [0.25, 0.3) is 0 Å². The van der Waals surface area contributed by atoms with Crippen LogP contribution in [-0.4, -0.2) is 37.9 Å². The number of anilines is 2. The topological polar surface area (TPSA) is 103 Å². The summed E-state index contributed by atoms with van der Waals surface area (Å²) in [5.74, 6) is -2.46. The fourth-order valence-corrected chi connectivity index (χ4v) is 1.70. The first-order valence-corrected chi connectivity index (χ1v) is 7.50. The number of amides is 1. The lowest BCUT2D eigenvalue weighted by Gasteiger charge is -2.20. The van der Waals surface area contributed by atoms with E-state index in [0.717, 1.165) is 26.4 Å². The van der Waals surface area contributed by atoms with Gasteiger partial charge in [-0.2, -0.15) is 0 Å². The van der Waals surface area contributed by atoms with Crippen molar-refractivity contribution in [3.8, 4) is 0 Å². The molecule has 2 N–H and O–H groups in total. The van der Waals surface area contributed by atoms with Crippen LogP contribution in [-0.2, 0) is 23.8 Å². The van der Waals surface area contributed by atoms with Gasteiger partial charge in [-0.25, -0.2) is 18.8 Å². The van der Waals surface area contributed by atoms with Crippen LogP contribution in [0.15, 0.2) is 30.0 Å². The SMILES string of the molecule is COC(=O)/C=C(/Nc1cc(NC(=O)OC(C)(C)C)ccc1F)C(=O)OC. The van der Waals surface area contributed by atoms with E-state index in [1.54, 1.807) is 20.8 Å². The van der Waals surface area contributed by atoms with E-state index in [1.165, 1.54) is 12.1 Å². The normalized spacial score (nSPS) is 11.4. The highest BCUT2D eigenvalue weighted by atomic mass is 19.1. The zero-order valence-corrected chi connectivity index (χ0v) is 15.1. The Morgan fingerprint density at radius 3 is 2.27 bits per heavy atom. The van der Waals surface area contributed by atoms with E-state index in [4.69, 9.17) is 4.74 Å². The van der Waals surface area contributed by atoms with Crippen molar-refractivity contribution in [2.45, 2.75) is 26.4 Å². The molecule has 8 nitrogen and oxygen atoms in total. The van der Waals surface area contributed by atoms with Gasteiger partial charge in [0.1, 0.15) is 17.1 Å². The fourth-order valence-electron chi connectivity index (χ4n) is 1.70. The molecule has 0 atom stereocenters. The summed E-state index contributed by atoms with van der Waals surface area (Å²) >= 11 is 0. The molecule has 0 aromatic heterocycles. The monoisotopic (exact) mass is 368 g/mol. The molecular formula is C17H21FN2O6. The lowest BCUT2D eigenvalue weighted by molar-refractivity contribution is -0.138. The Balaban J connectivity index is 3.05. The minimum atomic E-state index is -0.902. The van der Waals surface area contributed by atoms with Crippen LogP contribution >= 0.6 is 0 Å². The van der Waals surface area contributed by atoms with E-state index >= 15 is 0 Å². The molecule has 1 aromatic carbocycles. The predicted molar refractivity (Wildman–Crippen MR) is 92.0 cm³/mol. The average Bonchev–Trinajstić information content (AvgIpc) is 2.54. The summed E-state index contributed by atoms with van der Waals surface area (Å²) in [5, 5.41) is 4.88. The number of carbonyl (C=O) groups is 3. The van der Waals surface area contributed by atoms with E-state index in [2.05, 4.69) is 20.1 Å². The van der Waals surface area contributed by atoms with Crippen LogP contribution in [0.5, 0.6) is 0 Å². The maximum atomic E-state index is 14.0. The van der Waals surface area contributed by atoms with E-state index in [0.29, 0.717) is 0 Å². The third kappa shape index (κ3) is 6.80. The number of hydrogen-bond donors (Lipinski definition) is 2. The summed E-state index contributed by atoms with van der Waals surface area (Å²) in [7, 11) is 2.23. The summed E-state index contributed by atoms with van der Waals surface area (Å²) in [6.45, 7) is 5.10. The Labute approximate surface area is 150 Å². The van der Waals surface area contributed by atoms with Gasteiger partial charge in [0.2, 0.25) is 0 Å². The van der Waals surface area contributed by atoms with Crippen LogP contribution < -0.4 is 10.6 Å². The lowest BCUT2D eigenvalue weighted by Crippen LogP contribution is -2.27. The fraction of sp³-hybridized carbons (Fsp3) is 0.353. The van der Waals surface area contributed by atoms with Crippen molar-refractivity contribution in [1.82, 2.24) is 0 Å². The third-order valence-electron chi connectivity index (χ3n) is 2.75. The number of ether oxygens (including phenoxy) is 3. The van der Waals surface area contributed by atoms with Gasteiger partial charge < -0.3 is 19.5 Å². The van der Waals surface area contributed by atoms with E-state index in [9.17, 15) is 18.8 Å². The molecule has 0 aliphatic carbocycles. The van der Waals surface area contributed by atoms with Crippen molar-refractivity contribution >= 4 is 29.4 Å².